The summed E-state index contributed by atoms with van der Waals surface area (Å²) < 4.78 is 6.34. The van der Waals surface area contributed by atoms with E-state index in [2.05, 4.69) is 79.7 Å². The molecular weight excluding hydrogens is 246 g/mol. The molecule has 1 unspecified atom stereocenters. The van der Waals surface area contributed by atoms with Crippen LogP contribution in [-0.2, 0) is 10.3 Å². The standard InChI is InChI=1S/C18H21NO/c1-19(2)17-13-14-20-18(17,15-9-5-3-6-10-15)16-11-7-4-8-12-16/h3-12,17H,13-14H2,1-2H3. The zero-order valence-corrected chi connectivity index (χ0v) is 12.1. The van der Waals surface area contributed by atoms with E-state index in [0.717, 1.165) is 13.0 Å². The van der Waals surface area contributed by atoms with E-state index in [-0.39, 0.29) is 5.60 Å². The maximum absolute atomic E-state index is 6.34. The van der Waals surface area contributed by atoms with Crippen molar-refractivity contribution in [1.29, 1.82) is 0 Å². The molecule has 104 valence electrons. The van der Waals surface area contributed by atoms with Gasteiger partial charge in [-0.2, -0.15) is 0 Å². The van der Waals surface area contributed by atoms with Crippen LogP contribution in [0.2, 0.25) is 0 Å². The highest BCUT2D eigenvalue weighted by Crippen LogP contribution is 2.44. The van der Waals surface area contributed by atoms with E-state index in [9.17, 15) is 0 Å². The van der Waals surface area contributed by atoms with Gasteiger partial charge < -0.3 is 9.64 Å². The van der Waals surface area contributed by atoms with Crippen molar-refractivity contribution in [3.8, 4) is 0 Å². The molecule has 2 aromatic carbocycles. The van der Waals surface area contributed by atoms with E-state index in [4.69, 9.17) is 4.74 Å². The summed E-state index contributed by atoms with van der Waals surface area (Å²) in [6, 6.07) is 21.5. The number of benzene rings is 2. The Morgan fingerprint density at radius 2 is 1.40 bits per heavy atom. The highest BCUT2D eigenvalue weighted by atomic mass is 16.5. The molecule has 1 fully saturated rings. The Hall–Kier alpha value is -1.64. The van der Waals surface area contributed by atoms with E-state index >= 15 is 0 Å². The smallest absolute Gasteiger partial charge is 0.134 e. The third-order valence-corrected chi connectivity index (χ3v) is 4.22. The van der Waals surface area contributed by atoms with Gasteiger partial charge in [0.25, 0.3) is 0 Å². The van der Waals surface area contributed by atoms with Gasteiger partial charge in [0.05, 0.1) is 0 Å². The van der Waals surface area contributed by atoms with Crippen LogP contribution in [0.4, 0.5) is 0 Å². The summed E-state index contributed by atoms with van der Waals surface area (Å²) >= 11 is 0. The van der Waals surface area contributed by atoms with Gasteiger partial charge in [-0.3, -0.25) is 0 Å². The van der Waals surface area contributed by atoms with Gasteiger partial charge in [0.2, 0.25) is 0 Å². The zero-order valence-electron chi connectivity index (χ0n) is 12.1. The molecule has 0 spiro atoms. The van der Waals surface area contributed by atoms with Gasteiger partial charge in [-0.05, 0) is 31.6 Å². The monoisotopic (exact) mass is 267 g/mol. The minimum absolute atomic E-state index is 0.354. The van der Waals surface area contributed by atoms with Gasteiger partial charge >= 0.3 is 0 Å². The molecule has 0 saturated carbocycles. The molecule has 1 aliphatic heterocycles. The van der Waals surface area contributed by atoms with Crippen LogP contribution < -0.4 is 0 Å². The van der Waals surface area contributed by atoms with Crippen molar-refractivity contribution in [1.82, 2.24) is 4.90 Å². The highest BCUT2D eigenvalue weighted by molar-refractivity contribution is 5.39. The maximum Gasteiger partial charge on any atom is 0.134 e. The fourth-order valence-corrected chi connectivity index (χ4v) is 3.34. The molecule has 0 aromatic heterocycles. The second-order valence-corrected chi connectivity index (χ2v) is 5.58. The summed E-state index contributed by atoms with van der Waals surface area (Å²) in [5.41, 5.74) is 2.12. The van der Waals surface area contributed by atoms with Crippen LogP contribution in [0.1, 0.15) is 17.5 Å². The van der Waals surface area contributed by atoms with Crippen LogP contribution in [0.15, 0.2) is 60.7 Å². The molecule has 0 radical (unpaired) electrons. The number of rotatable bonds is 3. The lowest BCUT2D eigenvalue weighted by Gasteiger charge is -2.38. The average Bonchev–Trinajstić information content (AvgIpc) is 2.95. The van der Waals surface area contributed by atoms with Crippen LogP contribution in [0, 0.1) is 0 Å². The quantitative estimate of drug-likeness (QED) is 0.846. The summed E-state index contributed by atoms with van der Waals surface area (Å²) in [5.74, 6) is 0. The van der Waals surface area contributed by atoms with Crippen molar-refractivity contribution in [2.45, 2.75) is 18.1 Å². The SMILES string of the molecule is CN(C)C1CCOC1(c1ccccc1)c1ccccc1. The Balaban J connectivity index is 2.18. The summed E-state index contributed by atoms with van der Waals surface area (Å²) in [5, 5.41) is 0. The Morgan fingerprint density at radius 3 is 1.85 bits per heavy atom. The fourth-order valence-electron chi connectivity index (χ4n) is 3.34. The molecule has 1 saturated heterocycles. The first-order valence-electron chi connectivity index (χ1n) is 7.16. The van der Waals surface area contributed by atoms with Crippen LogP contribution >= 0.6 is 0 Å². The molecule has 3 rings (SSSR count). The van der Waals surface area contributed by atoms with Crippen LogP contribution in [0.5, 0.6) is 0 Å². The van der Waals surface area contributed by atoms with Crippen LogP contribution in [0.3, 0.4) is 0 Å². The molecule has 2 aromatic rings. The Morgan fingerprint density at radius 1 is 0.900 bits per heavy atom. The topological polar surface area (TPSA) is 12.5 Å². The minimum Gasteiger partial charge on any atom is -0.364 e. The molecular formula is C18H21NO. The first-order chi connectivity index (χ1) is 9.75. The molecule has 1 atom stereocenters. The Kier molecular flexibility index (Phi) is 3.60. The van der Waals surface area contributed by atoms with Crippen molar-refractivity contribution in [3.63, 3.8) is 0 Å². The second kappa shape index (κ2) is 5.39. The predicted molar refractivity (Wildman–Crippen MR) is 81.7 cm³/mol. The lowest BCUT2D eigenvalue weighted by atomic mass is 9.80. The van der Waals surface area contributed by atoms with Gasteiger partial charge in [-0.25, -0.2) is 0 Å². The third-order valence-electron chi connectivity index (χ3n) is 4.22. The first kappa shape index (κ1) is 13.3. The Labute approximate surface area is 121 Å². The zero-order chi connectivity index (χ0) is 14.0. The van der Waals surface area contributed by atoms with Gasteiger partial charge in [0.15, 0.2) is 0 Å². The van der Waals surface area contributed by atoms with Crippen molar-refractivity contribution in [2.24, 2.45) is 0 Å². The second-order valence-electron chi connectivity index (χ2n) is 5.58. The molecule has 1 heterocycles. The van der Waals surface area contributed by atoms with Crippen molar-refractivity contribution in [3.05, 3.63) is 71.8 Å². The molecule has 0 bridgehead atoms. The summed E-state index contributed by atoms with van der Waals surface area (Å²) in [4.78, 5) is 2.28. The fraction of sp³-hybridized carbons (Fsp3) is 0.333. The molecule has 0 N–H and O–H groups in total. The summed E-state index contributed by atoms with van der Waals surface area (Å²) in [7, 11) is 4.28. The van der Waals surface area contributed by atoms with E-state index in [1.54, 1.807) is 0 Å². The minimum atomic E-state index is -0.355. The van der Waals surface area contributed by atoms with E-state index in [1.165, 1.54) is 11.1 Å². The maximum atomic E-state index is 6.34. The number of hydrogen-bond donors (Lipinski definition) is 0. The van der Waals surface area contributed by atoms with Crippen LogP contribution in [-0.4, -0.2) is 31.6 Å². The number of ether oxygens (including phenoxy) is 1. The highest BCUT2D eigenvalue weighted by Gasteiger charge is 2.48. The molecule has 0 amide bonds. The molecule has 20 heavy (non-hydrogen) atoms. The van der Waals surface area contributed by atoms with E-state index in [1.807, 2.05) is 0 Å². The molecule has 2 nitrogen and oxygen atoms in total. The number of hydrogen-bond acceptors (Lipinski definition) is 2. The van der Waals surface area contributed by atoms with Crippen molar-refractivity contribution in [2.75, 3.05) is 20.7 Å². The largest absolute Gasteiger partial charge is 0.364 e. The van der Waals surface area contributed by atoms with Gasteiger partial charge in [0, 0.05) is 12.6 Å². The average molecular weight is 267 g/mol. The van der Waals surface area contributed by atoms with E-state index < -0.39 is 0 Å². The van der Waals surface area contributed by atoms with E-state index in [0.29, 0.717) is 6.04 Å². The molecule has 2 heteroatoms. The first-order valence-corrected chi connectivity index (χ1v) is 7.16. The summed E-state index contributed by atoms with van der Waals surface area (Å²) in [6.45, 7) is 0.798. The van der Waals surface area contributed by atoms with Crippen molar-refractivity contribution < 1.29 is 4.74 Å². The predicted octanol–water partition coefficient (Wildman–Crippen LogP) is 3.28. The third kappa shape index (κ3) is 2.05. The number of nitrogens with zero attached hydrogens (tertiary/aromatic N) is 1. The normalized spacial score (nSPS) is 21.2. The van der Waals surface area contributed by atoms with Gasteiger partial charge in [-0.1, -0.05) is 60.7 Å². The lowest BCUT2D eigenvalue weighted by molar-refractivity contribution is -0.000343. The summed E-state index contributed by atoms with van der Waals surface area (Å²) in [6.07, 6.45) is 1.05. The van der Waals surface area contributed by atoms with Gasteiger partial charge in [0.1, 0.15) is 5.60 Å². The van der Waals surface area contributed by atoms with Gasteiger partial charge in [-0.15, -0.1) is 0 Å². The van der Waals surface area contributed by atoms with Crippen LogP contribution in [0.25, 0.3) is 0 Å². The van der Waals surface area contributed by atoms with Crippen molar-refractivity contribution >= 4 is 0 Å². The molecule has 0 aliphatic carbocycles. The lowest BCUT2D eigenvalue weighted by Crippen LogP contribution is -2.45. The molecule has 1 aliphatic rings. The number of likely N-dealkylation sites (N-methyl/N-ethyl adjacent to an activating group) is 1. The Bertz CT molecular complexity index is 511.